The topological polar surface area (TPSA) is 47.6 Å². The molecule has 0 aromatic heterocycles. The number of nitrogens with zero attached hydrogens (tertiary/aromatic N) is 1. The van der Waals surface area contributed by atoms with Crippen LogP contribution < -0.4 is 0 Å². The highest BCUT2D eigenvalue weighted by Crippen LogP contribution is 2.03. The first-order chi connectivity index (χ1) is 3.72. The zero-order chi connectivity index (χ0) is 6.57. The highest BCUT2D eigenvalue weighted by Gasteiger charge is 1.94. The van der Waals surface area contributed by atoms with E-state index in [1.54, 1.807) is 19.1 Å². The maximum absolute atomic E-state index is 8.09. The summed E-state index contributed by atoms with van der Waals surface area (Å²) in [6.07, 6.45) is 1.66. The van der Waals surface area contributed by atoms with Crippen molar-refractivity contribution in [2.75, 3.05) is 0 Å². The van der Waals surface area contributed by atoms with Gasteiger partial charge in [-0.2, -0.15) is 5.26 Å². The Morgan fingerprint density at radius 3 is 2.50 bits per heavy atom. The molecule has 0 rings (SSSR count). The maximum Gasteiger partial charge on any atom is 0.146 e. The summed E-state index contributed by atoms with van der Waals surface area (Å²) < 4.78 is 0.542. The maximum atomic E-state index is 8.09. The van der Waals surface area contributed by atoms with Crippen LogP contribution in [0.3, 0.4) is 0 Å². The highest BCUT2D eigenvalue weighted by molar-refractivity contribution is 9.12. The normalized spacial score (nSPS) is 10.4. The van der Waals surface area contributed by atoms with E-state index in [2.05, 4.69) is 15.9 Å². The van der Waals surface area contributed by atoms with Crippen molar-refractivity contribution < 1.29 is 0 Å². The minimum atomic E-state index is -0.0347. The number of hydrogen-bond donors (Lipinski definition) is 1. The van der Waals surface area contributed by atoms with Gasteiger partial charge >= 0.3 is 0 Å². The van der Waals surface area contributed by atoms with E-state index in [1.165, 1.54) is 0 Å². The summed E-state index contributed by atoms with van der Waals surface area (Å²) in [5, 5.41) is 15.0. The lowest BCUT2D eigenvalue weighted by molar-refractivity contribution is 1.48. The van der Waals surface area contributed by atoms with E-state index in [9.17, 15) is 0 Å². The van der Waals surface area contributed by atoms with Gasteiger partial charge < -0.3 is 0 Å². The van der Waals surface area contributed by atoms with Crippen LogP contribution in [-0.4, -0.2) is 5.71 Å². The molecule has 42 valence electrons. The largest absolute Gasteiger partial charge is 0.289 e. The van der Waals surface area contributed by atoms with Gasteiger partial charge in [0.05, 0.1) is 0 Å². The molecule has 0 amide bonds. The van der Waals surface area contributed by atoms with Crippen LogP contribution >= 0.6 is 15.9 Å². The predicted octanol–water partition coefficient (Wildman–Crippen LogP) is 1.83. The Bertz CT molecular complexity index is 164. The number of nitriles is 1. The van der Waals surface area contributed by atoms with Crippen molar-refractivity contribution >= 4 is 21.6 Å². The van der Waals surface area contributed by atoms with E-state index in [0.717, 1.165) is 0 Å². The van der Waals surface area contributed by atoms with E-state index >= 15 is 0 Å². The van der Waals surface area contributed by atoms with Crippen LogP contribution in [0.15, 0.2) is 10.6 Å². The van der Waals surface area contributed by atoms with Gasteiger partial charge in [-0.1, -0.05) is 6.08 Å². The predicted molar refractivity (Wildman–Crippen MR) is 36.0 cm³/mol. The van der Waals surface area contributed by atoms with Crippen molar-refractivity contribution in [1.82, 2.24) is 0 Å². The molecule has 0 bridgehead atoms. The second-order valence-electron chi connectivity index (χ2n) is 1.12. The molecule has 8 heavy (non-hydrogen) atoms. The summed E-state index contributed by atoms with van der Waals surface area (Å²) in [6.45, 7) is 1.76. The molecule has 0 aromatic carbocycles. The molecule has 0 aliphatic heterocycles. The van der Waals surface area contributed by atoms with E-state index in [0.29, 0.717) is 4.48 Å². The molecule has 0 heterocycles. The van der Waals surface area contributed by atoms with Gasteiger partial charge in [0, 0.05) is 4.48 Å². The average Bonchev–Trinajstić information content (AvgIpc) is 1.84. The molecular weight excluding hydrogens is 168 g/mol. The standard InChI is InChI=1S/C5H5BrN2/c1-2-4(6)5(8)3-7/h2,8H,1H3/b4-2+,8-5?. The molecule has 0 radical (unpaired) electrons. The molecule has 0 saturated carbocycles. The molecule has 0 unspecified atom stereocenters. The van der Waals surface area contributed by atoms with E-state index in [1.807, 2.05) is 0 Å². The number of nitrogens with one attached hydrogen (secondary N) is 1. The first-order valence-electron chi connectivity index (χ1n) is 2.03. The fourth-order valence-electron chi connectivity index (χ4n) is 0.198. The van der Waals surface area contributed by atoms with Crippen LogP contribution in [-0.2, 0) is 0 Å². The Morgan fingerprint density at radius 2 is 2.38 bits per heavy atom. The van der Waals surface area contributed by atoms with Crippen molar-refractivity contribution in [1.29, 1.82) is 10.7 Å². The number of allylic oxidation sites excluding steroid dienone is 2. The summed E-state index contributed by atoms with van der Waals surface area (Å²) >= 11 is 3.02. The van der Waals surface area contributed by atoms with Gasteiger partial charge in [0.15, 0.2) is 0 Å². The first-order valence-corrected chi connectivity index (χ1v) is 2.82. The molecular formula is C5H5BrN2. The van der Waals surface area contributed by atoms with Gasteiger partial charge in [0.25, 0.3) is 0 Å². The molecule has 0 aliphatic carbocycles. The van der Waals surface area contributed by atoms with Crippen molar-refractivity contribution in [2.24, 2.45) is 0 Å². The van der Waals surface area contributed by atoms with Crippen molar-refractivity contribution in [3.63, 3.8) is 0 Å². The molecule has 0 fully saturated rings. The second-order valence-corrected chi connectivity index (χ2v) is 1.98. The van der Waals surface area contributed by atoms with Gasteiger partial charge in [-0.25, -0.2) is 0 Å². The molecule has 0 aromatic rings. The Balaban J connectivity index is 4.10. The fraction of sp³-hybridized carbons (Fsp3) is 0.200. The third-order valence-corrected chi connectivity index (χ3v) is 1.46. The summed E-state index contributed by atoms with van der Waals surface area (Å²) in [4.78, 5) is 0. The monoisotopic (exact) mass is 172 g/mol. The third kappa shape index (κ3) is 1.90. The van der Waals surface area contributed by atoms with E-state index < -0.39 is 0 Å². The SMILES string of the molecule is C/C=C(/Br)C(=N)C#N. The van der Waals surface area contributed by atoms with Crippen LogP contribution in [0, 0.1) is 16.7 Å². The molecule has 1 N–H and O–H groups in total. The highest BCUT2D eigenvalue weighted by atomic mass is 79.9. The van der Waals surface area contributed by atoms with Crippen molar-refractivity contribution in [3.8, 4) is 6.07 Å². The zero-order valence-corrected chi connectivity index (χ0v) is 5.99. The van der Waals surface area contributed by atoms with Gasteiger partial charge in [0.2, 0.25) is 0 Å². The second kappa shape index (κ2) is 3.39. The summed E-state index contributed by atoms with van der Waals surface area (Å²) in [6, 6.07) is 1.68. The number of hydrogen-bond acceptors (Lipinski definition) is 2. The van der Waals surface area contributed by atoms with Crippen LogP contribution in [0.4, 0.5) is 0 Å². The van der Waals surface area contributed by atoms with Gasteiger partial charge in [-0.15, -0.1) is 0 Å². The Hall–Kier alpha value is -0.620. The Labute approximate surface area is 56.5 Å². The van der Waals surface area contributed by atoms with Crippen LogP contribution in [0.1, 0.15) is 6.92 Å². The molecule has 2 nitrogen and oxygen atoms in total. The minimum Gasteiger partial charge on any atom is -0.289 e. The zero-order valence-electron chi connectivity index (χ0n) is 4.40. The van der Waals surface area contributed by atoms with E-state index in [-0.39, 0.29) is 5.71 Å². The molecule has 0 atom stereocenters. The van der Waals surface area contributed by atoms with Gasteiger partial charge in [-0.05, 0) is 22.9 Å². The lowest BCUT2D eigenvalue weighted by Crippen LogP contribution is -1.87. The number of halogens is 1. The fourth-order valence-corrected chi connectivity index (χ4v) is 0.286. The molecule has 3 heteroatoms. The Kier molecular flexibility index (Phi) is 3.13. The smallest absolute Gasteiger partial charge is 0.146 e. The Morgan fingerprint density at radius 1 is 1.88 bits per heavy atom. The summed E-state index contributed by atoms with van der Waals surface area (Å²) in [5.41, 5.74) is -0.0347. The van der Waals surface area contributed by atoms with Gasteiger partial charge in [0.1, 0.15) is 11.8 Å². The molecule has 0 spiro atoms. The lowest BCUT2D eigenvalue weighted by atomic mass is 10.4. The van der Waals surface area contributed by atoms with E-state index in [4.69, 9.17) is 10.7 Å². The lowest BCUT2D eigenvalue weighted by Gasteiger charge is -1.84. The van der Waals surface area contributed by atoms with Crippen LogP contribution in [0.25, 0.3) is 0 Å². The summed E-state index contributed by atoms with van der Waals surface area (Å²) in [7, 11) is 0. The third-order valence-electron chi connectivity index (χ3n) is 0.604. The summed E-state index contributed by atoms with van der Waals surface area (Å²) in [5.74, 6) is 0. The van der Waals surface area contributed by atoms with Crippen LogP contribution in [0.2, 0.25) is 0 Å². The van der Waals surface area contributed by atoms with Crippen molar-refractivity contribution in [2.45, 2.75) is 6.92 Å². The molecule has 0 saturated heterocycles. The minimum absolute atomic E-state index is 0.0347. The average molecular weight is 173 g/mol. The first kappa shape index (κ1) is 7.38. The number of rotatable bonds is 1. The molecule has 0 aliphatic rings. The van der Waals surface area contributed by atoms with Crippen molar-refractivity contribution in [3.05, 3.63) is 10.6 Å². The quantitative estimate of drug-likeness (QED) is 0.604. The van der Waals surface area contributed by atoms with Gasteiger partial charge in [-0.3, -0.25) is 5.41 Å². The van der Waals surface area contributed by atoms with Crippen LogP contribution in [0.5, 0.6) is 0 Å².